The van der Waals surface area contributed by atoms with Gasteiger partial charge in [0.15, 0.2) is 0 Å². The lowest BCUT2D eigenvalue weighted by Crippen LogP contribution is -2.22. The van der Waals surface area contributed by atoms with Crippen LogP contribution in [0.5, 0.6) is 0 Å². The fourth-order valence-electron chi connectivity index (χ4n) is 2.49. The number of hydrogen-bond acceptors (Lipinski definition) is 5. The molecule has 0 saturated heterocycles. The van der Waals surface area contributed by atoms with E-state index in [1.807, 2.05) is 0 Å². The van der Waals surface area contributed by atoms with Crippen LogP contribution in [0.15, 0.2) is 82.2 Å². The summed E-state index contributed by atoms with van der Waals surface area (Å²) in [7, 11) is -4.07. The Balaban J connectivity index is 1.88. The van der Waals surface area contributed by atoms with Gasteiger partial charge in [-0.2, -0.15) is 0 Å². The molecule has 9 heteroatoms. The predicted molar refractivity (Wildman–Crippen MR) is 110 cm³/mol. The Morgan fingerprint density at radius 1 is 0.862 bits per heavy atom. The topological polar surface area (TPSA) is 115 Å². The van der Waals surface area contributed by atoms with Gasteiger partial charge in [-0.25, -0.2) is 8.42 Å². The fourth-order valence-corrected chi connectivity index (χ4v) is 3.99. The van der Waals surface area contributed by atoms with Crippen LogP contribution in [0.3, 0.4) is 0 Å². The van der Waals surface area contributed by atoms with E-state index >= 15 is 0 Å². The molecular formula is C20H14BrN2O5S-. The summed E-state index contributed by atoms with van der Waals surface area (Å²) in [4.78, 5) is 23.4. The number of carboxylic acid groups (broad SMARTS) is 1. The minimum atomic E-state index is -4.07. The molecule has 0 spiro atoms. The van der Waals surface area contributed by atoms with Gasteiger partial charge in [-0.3, -0.25) is 9.52 Å². The fraction of sp³-hybridized carbons (Fsp3) is 0. The van der Waals surface area contributed by atoms with E-state index < -0.39 is 21.9 Å². The molecule has 3 aromatic carbocycles. The van der Waals surface area contributed by atoms with Crippen LogP contribution in [0.2, 0.25) is 0 Å². The van der Waals surface area contributed by atoms with Crippen molar-refractivity contribution < 1.29 is 23.1 Å². The van der Waals surface area contributed by atoms with E-state index in [0.717, 1.165) is 6.07 Å². The Labute approximate surface area is 175 Å². The lowest BCUT2D eigenvalue weighted by Gasteiger charge is -2.12. The summed E-state index contributed by atoms with van der Waals surface area (Å²) in [6.07, 6.45) is 0. The van der Waals surface area contributed by atoms with E-state index in [1.165, 1.54) is 36.4 Å². The maximum atomic E-state index is 12.7. The van der Waals surface area contributed by atoms with Crippen LogP contribution in [-0.2, 0) is 10.0 Å². The third-order valence-corrected chi connectivity index (χ3v) is 5.95. The molecule has 0 aliphatic rings. The summed E-state index contributed by atoms with van der Waals surface area (Å²) in [6.45, 7) is 0. The first-order valence-electron chi connectivity index (χ1n) is 8.26. The maximum Gasteiger partial charge on any atom is 0.261 e. The third-order valence-electron chi connectivity index (χ3n) is 3.87. The lowest BCUT2D eigenvalue weighted by atomic mass is 10.2. The minimum absolute atomic E-state index is 0.0601. The second-order valence-electron chi connectivity index (χ2n) is 5.94. The number of nitrogens with one attached hydrogen (secondary N) is 2. The molecule has 0 aromatic heterocycles. The van der Waals surface area contributed by atoms with Gasteiger partial charge in [0.25, 0.3) is 15.9 Å². The van der Waals surface area contributed by atoms with E-state index in [1.54, 1.807) is 30.3 Å². The highest BCUT2D eigenvalue weighted by molar-refractivity contribution is 9.10. The van der Waals surface area contributed by atoms with Gasteiger partial charge in [0.05, 0.1) is 16.4 Å². The summed E-state index contributed by atoms with van der Waals surface area (Å²) in [5, 5.41) is 13.6. The number of carbonyl (C=O) groups excluding carboxylic acids is 2. The number of anilines is 2. The number of carboxylic acids is 1. The van der Waals surface area contributed by atoms with Crippen molar-refractivity contribution in [2.24, 2.45) is 0 Å². The molecule has 3 rings (SSSR count). The highest BCUT2D eigenvalue weighted by Gasteiger charge is 2.19. The molecule has 0 bridgehead atoms. The van der Waals surface area contributed by atoms with Crippen molar-refractivity contribution in [3.05, 3.63) is 88.4 Å². The molecule has 0 radical (unpaired) electrons. The average Bonchev–Trinajstić information content (AvgIpc) is 2.68. The molecule has 0 aliphatic heterocycles. The van der Waals surface area contributed by atoms with Gasteiger partial charge < -0.3 is 15.2 Å². The summed E-state index contributed by atoms with van der Waals surface area (Å²) < 4.78 is 28.1. The number of hydrogen-bond donors (Lipinski definition) is 2. The van der Waals surface area contributed by atoms with Gasteiger partial charge in [0.1, 0.15) is 0 Å². The molecule has 2 N–H and O–H groups in total. The van der Waals surface area contributed by atoms with Gasteiger partial charge in [-0.1, -0.05) is 30.3 Å². The Kier molecular flexibility index (Phi) is 6.00. The number of carbonyl (C=O) groups is 2. The number of sulfonamides is 1. The number of halogens is 1. The highest BCUT2D eigenvalue weighted by Crippen LogP contribution is 2.24. The molecule has 0 atom stereocenters. The van der Waals surface area contributed by atoms with Gasteiger partial charge in [-0.05, 0) is 64.0 Å². The van der Waals surface area contributed by atoms with Crippen molar-refractivity contribution in [3.63, 3.8) is 0 Å². The van der Waals surface area contributed by atoms with Crippen LogP contribution in [0.4, 0.5) is 11.4 Å². The quantitative estimate of drug-likeness (QED) is 0.570. The Bertz CT molecular complexity index is 1180. The number of rotatable bonds is 6. The van der Waals surface area contributed by atoms with Crippen molar-refractivity contribution in [1.29, 1.82) is 0 Å². The van der Waals surface area contributed by atoms with Crippen LogP contribution >= 0.6 is 15.9 Å². The Hall–Kier alpha value is -3.17. The molecule has 7 nitrogen and oxygen atoms in total. The number of benzene rings is 3. The van der Waals surface area contributed by atoms with E-state index in [4.69, 9.17) is 0 Å². The summed E-state index contributed by atoms with van der Waals surface area (Å²) >= 11 is 3.26. The number of aromatic carboxylic acids is 1. The maximum absolute atomic E-state index is 12.7. The monoisotopic (exact) mass is 473 g/mol. The van der Waals surface area contributed by atoms with E-state index in [9.17, 15) is 23.1 Å². The molecule has 29 heavy (non-hydrogen) atoms. The van der Waals surface area contributed by atoms with Crippen molar-refractivity contribution >= 4 is 49.2 Å². The molecule has 3 aromatic rings. The van der Waals surface area contributed by atoms with Gasteiger partial charge in [-0.15, -0.1) is 0 Å². The largest absolute Gasteiger partial charge is 0.545 e. The van der Waals surface area contributed by atoms with E-state index in [-0.39, 0.29) is 21.7 Å². The lowest BCUT2D eigenvalue weighted by molar-refractivity contribution is -0.255. The summed E-state index contributed by atoms with van der Waals surface area (Å²) in [6, 6.07) is 18.0. The smallest absolute Gasteiger partial charge is 0.261 e. The first kappa shape index (κ1) is 20.6. The highest BCUT2D eigenvalue weighted by atomic mass is 79.9. The first-order chi connectivity index (χ1) is 13.8. The van der Waals surface area contributed by atoms with Gasteiger partial charge in [0, 0.05) is 15.8 Å². The second kappa shape index (κ2) is 8.46. The number of para-hydroxylation sites is 1. The Morgan fingerprint density at radius 2 is 1.55 bits per heavy atom. The second-order valence-corrected chi connectivity index (χ2v) is 8.47. The van der Waals surface area contributed by atoms with Crippen molar-refractivity contribution in [2.75, 3.05) is 10.0 Å². The van der Waals surface area contributed by atoms with Crippen LogP contribution in [0.25, 0.3) is 0 Å². The Morgan fingerprint density at radius 3 is 2.24 bits per heavy atom. The molecule has 0 unspecified atom stereocenters. The zero-order chi connectivity index (χ0) is 21.0. The molecule has 0 heterocycles. The zero-order valence-corrected chi connectivity index (χ0v) is 17.2. The van der Waals surface area contributed by atoms with Gasteiger partial charge in [0.2, 0.25) is 0 Å². The SMILES string of the molecule is O=C([O-])c1cccc(NS(=O)(=O)c2ccc(Br)c(C(=O)Nc3ccccc3)c2)c1. The summed E-state index contributed by atoms with van der Waals surface area (Å²) in [5.41, 5.74) is 0.587. The normalized spacial score (nSPS) is 10.9. The molecular weight excluding hydrogens is 460 g/mol. The van der Waals surface area contributed by atoms with E-state index in [0.29, 0.717) is 10.2 Å². The minimum Gasteiger partial charge on any atom is -0.545 e. The number of amides is 1. The van der Waals surface area contributed by atoms with Crippen LogP contribution in [0, 0.1) is 0 Å². The molecule has 148 valence electrons. The van der Waals surface area contributed by atoms with Crippen molar-refractivity contribution in [3.8, 4) is 0 Å². The molecule has 1 amide bonds. The van der Waals surface area contributed by atoms with Crippen LogP contribution < -0.4 is 15.1 Å². The predicted octanol–water partition coefficient (Wildman–Crippen LogP) is 2.87. The molecule has 0 fully saturated rings. The standard InChI is InChI=1S/C20H15BrN2O5S/c21-18-10-9-16(12-17(18)19(24)22-14-6-2-1-3-7-14)29(27,28)23-15-8-4-5-13(11-15)20(25)26/h1-12,23H,(H,22,24)(H,25,26)/p-1. The molecule has 0 saturated carbocycles. The molecule has 0 aliphatic carbocycles. The summed E-state index contributed by atoms with van der Waals surface area (Å²) in [5.74, 6) is -1.91. The van der Waals surface area contributed by atoms with Crippen molar-refractivity contribution in [2.45, 2.75) is 4.90 Å². The third kappa shape index (κ3) is 5.01. The van der Waals surface area contributed by atoms with Gasteiger partial charge >= 0.3 is 0 Å². The van der Waals surface area contributed by atoms with Crippen molar-refractivity contribution in [1.82, 2.24) is 0 Å². The first-order valence-corrected chi connectivity index (χ1v) is 10.5. The zero-order valence-electron chi connectivity index (χ0n) is 14.8. The van der Waals surface area contributed by atoms with Crippen LogP contribution in [-0.4, -0.2) is 20.3 Å². The average molecular weight is 474 g/mol. The van der Waals surface area contributed by atoms with Crippen LogP contribution in [0.1, 0.15) is 20.7 Å². The van der Waals surface area contributed by atoms with E-state index in [2.05, 4.69) is 26.0 Å².